The average Bonchev–Trinajstić information content (AvgIpc) is 3.11. The maximum absolute atomic E-state index is 12.9. The molecular weight excluding hydrogens is 245 g/mol. The smallest absolute Gasteiger partial charge is 0.228 e. The van der Waals surface area contributed by atoms with Gasteiger partial charge >= 0.3 is 0 Å². The van der Waals surface area contributed by atoms with E-state index in [1.54, 1.807) is 6.07 Å². The quantitative estimate of drug-likeness (QED) is 0.865. The predicted molar refractivity (Wildman–Crippen MR) is 62.0 cm³/mol. The Balaban J connectivity index is 1.94. The van der Waals surface area contributed by atoms with Gasteiger partial charge in [-0.25, -0.2) is 4.39 Å². The highest BCUT2D eigenvalue weighted by Crippen LogP contribution is 2.45. The number of carbonyl (C=O) groups is 1. The molecule has 1 aromatic rings. The molecule has 1 amide bonds. The van der Waals surface area contributed by atoms with Crippen molar-refractivity contribution < 1.29 is 14.3 Å². The number of carbonyl (C=O) groups excluding carboxylic acids is 1. The summed E-state index contributed by atoms with van der Waals surface area (Å²) in [6.45, 7) is 0.170. The minimum Gasteiger partial charge on any atom is -0.395 e. The molecule has 0 saturated heterocycles. The zero-order valence-corrected chi connectivity index (χ0v) is 9.93. The van der Waals surface area contributed by atoms with Gasteiger partial charge in [-0.3, -0.25) is 4.79 Å². The molecule has 0 radical (unpaired) electrons. The number of aliphatic hydroxyl groups is 1. The fourth-order valence-corrected chi connectivity index (χ4v) is 1.83. The minimum absolute atomic E-state index is 0.0417. The molecule has 0 spiro atoms. The van der Waals surface area contributed by atoms with Crippen LogP contribution in [0.5, 0.6) is 0 Å². The summed E-state index contributed by atoms with van der Waals surface area (Å²) >= 11 is 5.63. The molecule has 3 nitrogen and oxygen atoms in total. The van der Waals surface area contributed by atoms with E-state index in [9.17, 15) is 9.18 Å². The Hall–Kier alpha value is -1.13. The van der Waals surface area contributed by atoms with E-state index in [4.69, 9.17) is 16.7 Å². The number of benzene rings is 1. The van der Waals surface area contributed by atoms with Crippen molar-refractivity contribution >= 4 is 17.5 Å². The van der Waals surface area contributed by atoms with Gasteiger partial charge in [0.15, 0.2) is 0 Å². The molecule has 0 unspecified atom stereocenters. The van der Waals surface area contributed by atoms with Crippen LogP contribution in [0.4, 0.5) is 4.39 Å². The molecule has 0 aromatic heterocycles. The molecule has 92 valence electrons. The van der Waals surface area contributed by atoms with Crippen molar-refractivity contribution in [2.24, 2.45) is 5.41 Å². The Kier molecular flexibility index (Phi) is 3.35. The van der Waals surface area contributed by atoms with Gasteiger partial charge in [-0.15, -0.1) is 0 Å². The predicted octanol–water partition coefficient (Wildman–Crippen LogP) is 1.87. The fraction of sp³-hybridized carbons (Fsp3) is 0.417. The highest BCUT2D eigenvalue weighted by molar-refractivity contribution is 6.30. The highest BCUT2D eigenvalue weighted by Gasteiger charge is 2.49. The third-order valence-corrected chi connectivity index (χ3v) is 3.36. The fourth-order valence-electron chi connectivity index (χ4n) is 1.63. The van der Waals surface area contributed by atoms with E-state index in [-0.39, 0.29) is 17.5 Å². The summed E-state index contributed by atoms with van der Waals surface area (Å²) in [6.07, 6.45) is 1.44. The summed E-state index contributed by atoms with van der Waals surface area (Å²) in [5.74, 6) is -0.629. The van der Waals surface area contributed by atoms with Crippen molar-refractivity contribution in [2.75, 3.05) is 6.61 Å². The molecule has 17 heavy (non-hydrogen) atoms. The first-order valence-electron chi connectivity index (χ1n) is 5.40. The van der Waals surface area contributed by atoms with E-state index in [0.717, 1.165) is 18.4 Å². The first-order chi connectivity index (χ1) is 8.07. The van der Waals surface area contributed by atoms with E-state index in [0.29, 0.717) is 6.54 Å². The lowest BCUT2D eigenvalue weighted by molar-refractivity contribution is -0.127. The number of nitrogens with one attached hydrogen (secondary N) is 1. The molecule has 1 fully saturated rings. The van der Waals surface area contributed by atoms with Crippen LogP contribution in [0, 0.1) is 11.2 Å². The van der Waals surface area contributed by atoms with Gasteiger partial charge in [0, 0.05) is 6.54 Å². The Morgan fingerprint density at radius 2 is 2.24 bits per heavy atom. The lowest BCUT2D eigenvalue weighted by Gasteiger charge is -2.12. The Labute approximate surface area is 104 Å². The number of hydrogen-bond acceptors (Lipinski definition) is 2. The van der Waals surface area contributed by atoms with Crippen LogP contribution in [0.25, 0.3) is 0 Å². The van der Waals surface area contributed by atoms with E-state index in [1.807, 2.05) is 0 Å². The minimum atomic E-state index is -0.580. The Morgan fingerprint density at radius 3 is 2.76 bits per heavy atom. The van der Waals surface area contributed by atoms with Crippen LogP contribution >= 0.6 is 11.6 Å². The van der Waals surface area contributed by atoms with Gasteiger partial charge in [-0.2, -0.15) is 0 Å². The standard InChI is InChI=1S/C12H13ClFNO2/c13-9-5-8(1-2-10(9)14)6-15-11(17)12(7-16)3-4-12/h1-2,5,16H,3-4,6-7H2,(H,15,17). The third-order valence-electron chi connectivity index (χ3n) is 3.07. The van der Waals surface area contributed by atoms with Gasteiger partial charge in [0.25, 0.3) is 0 Å². The van der Waals surface area contributed by atoms with Crippen LogP contribution in [0.3, 0.4) is 0 Å². The molecule has 1 aromatic carbocycles. The largest absolute Gasteiger partial charge is 0.395 e. The van der Waals surface area contributed by atoms with Crippen LogP contribution in [0.1, 0.15) is 18.4 Å². The van der Waals surface area contributed by atoms with Gasteiger partial charge in [-0.05, 0) is 30.5 Å². The van der Waals surface area contributed by atoms with Crippen LogP contribution in [0.2, 0.25) is 5.02 Å². The van der Waals surface area contributed by atoms with Crippen LogP contribution < -0.4 is 5.32 Å². The summed E-state index contributed by atoms with van der Waals surface area (Å²) in [7, 11) is 0. The third kappa shape index (κ3) is 2.58. The first-order valence-corrected chi connectivity index (χ1v) is 5.78. The lowest BCUT2D eigenvalue weighted by atomic mass is 10.1. The lowest BCUT2D eigenvalue weighted by Crippen LogP contribution is -2.33. The van der Waals surface area contributed by atoms with Crippen molar-refractivity contribution in [1.29, 1.82) is 0 Å². The highest BCUT2D eigenvalue weighted by atomic mass is 35.5. The van der Waals surface area contributed by atoms with Gasteiger partial charge in [0.2, 0.25) is 5.91 Å². The topological polar surface area (TPSA) is 49.3 Å². The van der Waals surface area contributed by atoms with Gasteiger partial charge < -0.3 is 10.4 Å². The average molecular weight is 258 g/mol. The Morgan fingerprint density at radius 1 is 1.53 bits per heavy atom. The van der Waals surface area contributed by atoms with Crippen molar-refractivity contribution in [3.63, 3.8) is 0 Å². The zero-order valence-electron chi connectivity index (χ0n) is 9.17. The normalized spacial score (nSPS) is 16.6. The van der Waals surface area contributed by atoms with Crippen molar-refractivity contribution in [2.45, 2.75) is 19.4 Å². The second kappa shape index (κ2) is 4.63. The summed E-state index contributed by atoms with van der Waals surface area (Å²) in [5, 5.41) is 11.8. The molecule has 1 aliphatic rings. The zero-order chi connectivity index (χ0) is 12.5. The van der Waals surface area contributed by atoms with Crippen LogP contribution in [-0.4, -0.2) is 17.6 Å². The monoisotopic (exact) mass is 257 g/mol. The van der Waals surface area contributed by atoms with Crippen molar-refractivity contribution in [3.05, 3.63) is 34.6 Å². The molecule has 0 bridgehead atoms. The molecule has 1 saturated carbocycles. The second-order valence-corrected chi connectivity index (χ2v) is 4.78. The summed E-state index contributed by atoms with van der Waals surface area (Å²) in [5.41, 5.74) is 0.155. The SMILES string of the molecule is O=C(NCc1ccc(F)c(Cl)c1)C1(CO)CC1. The summed E-state index contributed by atoms with van der Waals surface area (Å²) in [6, 6.07) is 4.32. The molecule has 2 N–H and O–H groups in total. The first kappa shape index (κ1) is 12.3. The maximum Gasteiger partial charge on any atom is 0.228 e. The van der Waals surface area contributed by atoms with Gasteiger partial charge in [0.1, 0.15) is 5.82 Å². The number of aliphatic hydroxyl groups excluding tert-OH is 1. The van der Waals surface area contributed by atoms with E-state index < -0.39 is 11.2 Å². The van der Waals surface area contributed by atoms with Crippen LogP contribution in [-0.2, 0) is 11.3 Å². The maximum atomic E-state index is 12.9. The van der Waals surface area contributed by atoms with Crippen molar-refractivity contribution in [1.82, 2.24) is 5.32 Å². The van der Waals surface area contributed by atoms with E-state index in [2.05, 4.69) is 5.32 Å². The molecule has 5 heteroatoms. The number of rotatable bonds is 4. The molecule has 0 heterocycles. The molecule has 0 atom stereocenters. The Bertz CT molecular complexity index is 446. The second-order valence-electron chi connectivity index (χ2n) is 4.37. The molecule has 1 aliphatic carbocycles. The molecular formula is C12H13ClFNO2. The molecule has 2 rings (SSSR count). The number of amides is 1. The van der Waals surface area contributed by atoms with Crippen LogP contribution in [0.15, 0.2) is 18.2 Å². The van der Waals surface area contributed by atoms with Crippen molar-refractivity contribution in [3.8, 4) is 0 Å². The number of hydrogen-bond donors (Lipinski definition) is 2. The van der Waals surface area contributed by atoms with E-state index in [1.165, 1.54) is 12.1 Å². The molecule has 0 aliphatic heterocycles. The van der Waals surface area contributed by atoms with Gasteiger partial charge in [0.05, 0.1) is 17.0 Å². The van der Waals surface area contributed by atoms with Gasteiger partial charge in [-0.1, -0.05) is 17.7 Å². The van der Waals surface area contributed by atoms with E-state index >= 15 is 0 Å². The number of halogens is 2. The summed E-state index contributed by atoms with van der Waals surface area (Å²) < 4.78 is 12.9. The summed E-state index contributed by atoms with van der Waals surface area (Å²) in [4.78, 5) is 11.7.